The molecule has 0 aliphatic carbocycles. The summed E-state index contributed by atoms with van der Waals surface area (Å²) in [5, 5.41) is 0. The normalized spacial score (nSPS) is 11.5. The molecule has 0 amide bonds. The lowest BCUT2D eigenvalue weighted by Crippen LogP contribution is -1.97. The van der Waals surface area contributed by atoms with Crippen molar-refractivity contribution in [2.75, 3.05) is 0 Å². The van der Waals surface area contributed by atoms with Crippen molar-refractivity contribution in [3.05, 3.63) is 82.6 Å². The lowest BCUT2D eigenvalue weighted by molar-refractivity contribution is 0.867. The molecule has 0 aliphatic rings. The Bertz CT molecular complexity index is 831. The summed E-state index contributed by atoms with van der Waals surface area (Å²) in [6.45, 7) is 4.39. The summed E-state index contributed by atoms with van der Waals surface area (Å²) in [5.41, 5.74) is 4.47. The molecule has 2 nitrogen and oxygen atoms in total. The van der Waals surface area contributed by atoms with E-state index >= 15 is 0 Å². The van der Waals surface area contributed by atoms with Gasteiger partial charge in [0.05, 0.1) is 17.6 Å². The third-order valence-corrected chi connectivity index (χ3v) is 4.25. The lowest BCUT2D eigenvalue weighted by Gasteiger charge is -2.09. The van der Waals surface area contributed by atoms with E-state index in [1.165, 1.54) is 5.56 Å². The fraction of sp³-hybridized carbons (Fsp3) is 0.150. The van der Waals surface area contributed by atoms with E-state index in [1.807, 2.05) is 30.5 Å². The quantitative estimate of drug-likeness (QED) is 0.495. The third-order valence-electron chi connectivity index (χ3n) is 3.76. The van der Waals surface area contributed by atoms with Crippen LogP contribution in [0.15, 0.2) is 76.3 Å². The minimum Gasteiger partial charge on any atom is -0.316 e. The molecule has 23 heavy (non-hydrogen) atoms. The number of nitrogens with zero attached hydrogens (tertiary/aromatic N) is 2. The van der Waals surface area contributed by atoms with Crippen molar-refractivity contribution >= 4 is 27.8 Å². The Kier molecular flexibility index (Phi) is 4.77. The summed E-state index contributed by atoms with van der Waals surface area (Å²) in [5.74, 6) is 0.459. The van der Waals surface area contributed by atoms with Gasteiger partial charge in [-0.2, -0.15) is 0 Å². The molecule has 0 atom stereocenters. The molecular formula is C20H19BrN2. The highest BCUT2D eigenvalue weighted by atomic mass is 79.9. The summed E-state index contributed by atoms with van der Waals surface area (Å²) in [4.78, 5) is 4.72. The molecule has 0 saturated carbocycles. The van der Waals surface area contributed by atoms with Crippen molar-refractivity contribution in [2.24, 2.45) is 4.99 Å². The van der Waals surface area contributed by atoms with E-state index < -0.39 is 0 Å². The van der Waals surface area contributed by atoms with Crippen LogP contribution in [0.2, 0.25) is 0 Å². The van der Waals surface area contributed by atoms with Crippen molar-refractivity contribution in [3.8, 4) is 5.69 Å². The Morgan fingerprint density at radius 1 is 1.00 bits per heavy atom. The molecule has 3 rings (SSSR count). The predicted molar refractivity (Wildman–Crippen MR) is 101 cm³/mol. The first-order chi connectivity index (χ1) is 11.1. The fourth-order valence-corrected chi connectivity index (χ4v) is 2.98. The minimum absolute atomic E-state index is 0.459. The number of halogens is 1. The molecule has 3 heteroatoms. The predicted octanol–water partition coefficient (Wildman–Crippen LogP) is 6.11. The van der Waals surface area contributed by atoms with Gasteiger partial charge in [-0.25, -0.2) is 0 Å². The first kappa shape index (κ1) is 15.8. The summed E-state index contributed by atoms with van der Waals surface area (Å²) in [7, 11) is 0. The van der Waals surface area contributed by atoms with Crippen LogP contribution in [0.25, 0.3) is 5.69 Å². The maximum atomic E-state index is 4.72. The van der Waals surface area contributed by atoms with Gasteiger partial charge in [0, 0.05) is 16.4 Å². The van der Waals surface area contributed by atoms with Gasteiger partial charge >= 0.3 is 0 Å². The molecular weight excluding hydrogens is 348 g/mol. The number of hydrogen-bond acceptors (Lipinski definition) is 1. The summed E-state index contributed by atoms with van der Waals surface area (Å²) < 4.78 is 3.20. The number of aromatic nitrogens is 1. The molecule has 0 spiro atoms. The van der Waals surface area contributed by atoms with Crippen molar-refractivity contribution in [1.82, 2.24) is 4.57 Å². The van der Waals surface area contributed by atoms with Crippen LogP contribution < -0.4 is 0 Å². The minimum atomic E-state index is 0.459. The molecule has 0 aliphatic heterocycles. The average Bonchev–Trinajstić information content (AvgIpc) is 3.01. The van der Waals surface area contributed by atoms with Crippen molar-refractivity contribution < 1.29 is 0 Å². The van der Waals surface area contributed by atoms with Crippen LogP contribution >= 0.6 is 15.9 Å². The zero-order chi connectivity index (χ0) is 16.2. The van der Waals surface area contributed by atoms with Gasteiger partial charge in [-0.1, -0.05) is 54.0 Å². The zero-order valence-electron chi connectivity index (χ0n) is 13.3. The Balaban J connectivity index is 1.95. The van der Waals surface area contributed by atoms with Gasteiger partial charge in [0.2, 0.25) is 0 Å². The Morgan fingerprint density at radius 3 is 2.61 bits per heavy atom. The van der Waals surface area contributed by atoms with E-state index in [2.05, 4.69) is 76.9 Å². The van der Waals surface area contributed by atoms with E-state index in [4.69, 9.17) is 4.99 Å². The molecule has 0 saturated heterocycles. The fourth-order valence-electron chi connectivity index (χ4n) is 2.59. The van der Waals surface area contributed by atoms with Crippen LogP contribution in [0.1, 0.15) is 31.0 Å². The van der Waals surface area contributed by atoms with Crippen LogP contribution in [-0.4, -0.2) is 10.8 Å². The van der Waals surface area contributed by atoms with E-state index in [0.29, 0.717) is 5.92 Å². The lowest BCUT2D eigenvalue weighted by atomic mass is 10.0. The van der Waals surface area contributed by atoms with Gasteiger partial charge in [-0.15, -0.1) is 0 Å². The first-order valence-electron chi connectivity index (χ1n) is 7.71. The van der Waals surface area contributed by atoms with Crippen molar-refractivity contribution in [3.63, 3.8) is 0 Å². The number of rotatable bonds is 4. The molecule has 3 aromatic rings. The number of benzene rings is 2. The molecule has 0 fully saturated rings. The van der Waals surface area contributed by atoms with E-state index in [1.54, 1.807) is 0 Å². The van der Waals surface area contributed by atoms with Crippen molar-refractivity contribution in [1.29, 1.82) is 0 Å². The van der Waals surface area contributed by atoms with E-state index in [0.717, 1.165) is 21.5 Å². The zero-order valence-corrected chi connectivity index (χ0v) is 14.9. The molecule has 0 N–H and O–H groups in total. The number of hydrogen-bond donors (Lipinski definition) is 0. The van der Waals surface area contributed by atoms with E-state index in [-0.39, 0.29) is 0 Å². The summed E-state index contributed by atoms with van der Waals surface area (Å²) in [6, 6.07) is 20.7. The second kappa shape index (κ2) is 6.97. The maximum absolute atomic E-state index is 4.72. The highest BCUT2D eigenvalue weighted by Gasteiger charge is 2.05. The molecule has 116 valence electrons. The van der Waals surface area contributed by atoms with Gasteiger partial charge in [0.15, 0.2) is 0 Å². The maximum Gasteiger partial charge on any atom is 0.0665 e. The average molecular weight is 367 g/mol. The van der Waals surface area contributed by atoms with Crippen LogP contribution in [-0.2, 0) is 0 Å². The van der Waals surface area contributed by atoms with Crippen LogP contribution in [0.5, 0.6) is 0 Å². The first-order valence-corrected chi connectivity index (χ1v) is 8.51. The van der Waals surface area contributed by atoms with E-state index in [9.17, 15) is 0 Å². The Labute approximate surface area is 145 Å². The SMILES string of the molecule is CC(C)c1ccccc1N=Cc1cccn1-c1cccc(Br)c1. The van der Waals surface area contributed by atoms with Gasteiger partial charge in [-0.3, -0.25) is 4.99 Å². The molecule has 2 aromatic carbocycles. The van der Waals surface area contributed by atoms with Crippen LogP contribution in [0, 0.1) is 0 Å². The Morgan fingerprint density at radius 2 is 1.83 bits per heavy atom. The topological polar surface area (TPSA) is 17.3 Å². The van der Waals surface area contributed by atoms with Crippen molar-refractivity contribution in [2.45, 2.75) is 19.8 Å². The van der Waals surface area contributed by atoms with Gasteiger partial charge < -0.3 is 4.57 Å². The van der Waals surface area contributed by atoms with Gasteiger partial charge in [-0.05, 0) is 47.9 Å². The second-order valence-corrected chi connectivity index (χ2v) is 6.67. The Hall–Kier alpha value is -2.13. The summed E-state index contributed by atoms with van der Waals surface area (Å²) >= 11 is 3.53. The second-order valence-electron chi connectivity index (χ2n) is 5.75. The smallest absolute Gasteiger partial charge is 0.0665 e. The van der Waals surface area contributed by atoms with Crippen LogP contribution in [0.3, 0.4) is 0 Å². The number of aliphatic imine (C=N–C) groups is 1. The van der Waals surface area contributed by atoms with Crippen LogP contribution in [0.4, 0.5) is 5.69 Å². The highest BCUT2D eigenvalue weighted by Crippen LogP contribution is 2.26. The third kappa shape index (κ3) is 3.62. The number of para-hydroxylation sites is 1. The molecule has 1 aromatic heterocycles. The highest BCUT2D eigenvalue weighted by molar-refractivity contribution is 9.10. The van der Waals surface area contributed by atoms with Gasteiger partial charge in [0.25, 0.3) is 0 Å². The molecule has 0 bridgehead atoms. The van der Waals surface area contributed by atoms with Gasteiger partial charge in [0.1, 0.15) is 0 Å². The standard InChI is InChI=1S/C20H19BrN2/c1-15(2)19-10-3-4-11-20(19)22-14-18-9-6-12-23(18)17-8-5-7-16(21)13-17/h3-15H,1-2H3. The largest absolute Gasteiger partial charge is 0.316 e. The monoisotopic (exact) mass is 366 g/mol. The summed E-state index contributed by atoms with van der Waals surface area (Å²) in [6.07, 6.45) is 3.99. The molecule has 0 radical (unpaired) electrons. The molecule has 1 heterocycles. The molecule has 0 unspecified atom stereocenters.